The SMILES string of the molecule is CC(C)(C)OC(=O)N1CCC(S(=O)(=O)c2nc3ccc([N+](=O)[O-])cc3[nH]2)C1. The molecule has 0 spiro atoms. The lowest BCUT2D eigenvalue weighted by molar-refractivity contribution is -0.384. The number of amides is 1. The van der Waals surface area contributed by atoms with E-state index < -0.39 is 31.7 Å². The fraction of sp³-hybridized carbons (Fsp3) is 0.500. The third kappa shape index (κ3) is 3.87. The monoisotopic (exact) mass is 396 g/mol. The number of hydrogen-bond donors (Lipinski definition) is 1. The normalized spacial score (nSPS) is 18.0. The molecule has 1 saturated heterocycles. The number of aromatic amines is 1. The summed E-state index contributed by atoms with van der Waals surface area (Å²) in [5.74, 6) is 0. The summed E-state index contributed by atoms with van der Waals surface area (Å²) in [7, 11) is -3.83. The molecule has 27 heavy (non-hydrogen) atoms. The van der Waals surface area contributed by atoms with Crippen molar-refractivity contribution in [3.05, 3.63) is 28.3 Å². The molecule has 1 fully saturated rings. The van der Waals surface area contributed by atoms with Crippen molar-refractivity contribution in [3.63, 3.8) is 0 Å². The van der Waals surface area contributed by atoms with Crippen molar-refractivity contribution in [1.82, 2.24) is 14.9 Å². The van der Waals surface area contributed by atoms with E-state index in [0.29, 0.717) is 5.52 Å². The van der Waals surface area contributed by atoms with Gasteiger partial charge in [0, 0.05) is 25.2 Å². The summed E-state index contributed by atoms with van der Waals surface area (Å²) in [6.45, 7) is 5.49. The number of fused-ring (bicyclic) bond motifs is 1. The van der Waals surface area contributed by atoms with Gasteiger partial charge in [-0.3, -0.25) is 10.1 Å². The molecule has 1 atom stereocenters. The standard InChI is InChI=1S/C16H20N4O6S/c1-16(2,3)26-15(21)19-7-6-11(9-19)27(24,25)14-17-12-5-4-10(20(22)23)8-13(12)18-14/h4-5,8,11H,6-7,9H2,1-3H3,(H,17,18). The number of H-pyrrole nitrogens is 1. The molecule has 10 nitrogen and oxygen atoms in total. The van der Waals surface area contributed by atoms with Crippen LogP contribution in [0, 0.1) is 10.1 Å². The van der Waals surface area contributed by atoms with E-state index in [9.17, 15) is 23.3 Å². The second kappa shape index (κ2) is 6.48. The van der Waals surface area contributed by atoms with E-state index in [1.807, 2.05) is 0 Å². The van der Waals surface area contributed by atoms with Gasteiger partial charge in [-0.1, -0.05) is 0 Å². The van der Waals surface area contributed by atoms with E-state index in [2.05, 4.69) is 9.97 Å². The minimum atomic E-state index is -3.83. The Morgan fingerprint density at radius 2 is 2.11 bits per heavy atom. The molecule has 0 bridgehead atoms. The Bertz CT molecular complexity index is 1010. The number of nitro groups is 1. The number of benzene rings is 1. The molecule has 1 aliphatic heterocycles. The van der Waals surface area contributed by atoms with Gasteiger partial charge in [-0.05, 0) is 33.3 Å². The molecule has 1 N–H and O–H groups in total. The molecule has 11 heteroatoms. The Kier molecular flexibility index (Phi) is 4.58. The number of nitro benzene ring substituents is 1. The fourth-order valence-corrected chi connectivity index (χ4v) is 4.44. The molecule has 0 aliphatic carbocycles. The molecule has 3 rings (SSSR count). The summed E-state index contributed by atoms with van der Waals surface area (Å²) in [5, 5.41) is 9.79. The van der Waals surface area contributed by atoms with E-state index in [-0.39, 0.29) is 35.9 Å². The topological polar surface area (TPSA) is 136 Å². The summed E-state index contributed by atoms with van der Waals surface area (Å²) >= 11 is 0. The van der Waals surface area contributed by atoms with Crippen LogP contribution in [0.1, 0.15) is 27.2 Å². The highest BCUT2D eigenvalue weighted by molar-refractivity contribution is 7.91. The molecule has 1 amide bonds. The van der Waals surface area contributed by atoms with Crippen LogP contribution in [0.25, 0.3) is 11.0 Å². The number of hydrogen-bond acceptors (Lipinski definition) is 7. The Labute approximate surface area is 155 Å². The van der Waals surface area contributed by atoms with Crippen molar-refractivity contribution in [1.29, 1.82) is 0 Å². The number of aromatic nitrogens is 2. The summed E-state index contributed by atoms with van der Waals surface area (Å²) in [6.07, 6.45) is -0.292. The number of nitrogens with one attached hydrogen (secondary N) is 1. The molecule has 2 heterocycles. The first-order chi connectivity index (χ1) is 12.5. The third-order valence-corrected chi connectivity index (χ3v) is 6.15. The third-order valence-electron chi connectivity index (χ3n) is 4.16. The molecule has 146 valence electrons. The Morgan fingerprint density at radius 1 is 1.41 bits per heavy atom. The number of sulfone groups is 1. The van der Waals surface area contributed by atoms with E-state index >= 15 is 0 Å². The molecule has 2 aromatic rings. The second-order valence-electron chi connectivity index (χ2n) is 7.38. The Morgan fingerprint density at radius 3 is 2.74 bits per heavy atom. The molecule has 1 aromatic heterocycles. The van der Waals surface area contributed by atoms with Gasteiger partial charge in [0.1, 0.15) is 5.60 Å². The maximum absolute atomic E-state index is 12.9. The van der Waals surface area contributed by atoms with Crippen LogP contribution >= 0.6 is 0 Å². The van der Waals surface area contributed by atoms with Gasteiger partial charge in [0.2, 0.25) is 15.0 Å². The fourth-order valence-electron chi connectivity index (χ4n) is 2.85. The van der Waals surface area contributed by atoms with Crippen molar-refractivity contribution in [2.75, 3.05) is 13.1 Å². The maximum atomic E-state index is 12.9. The van der Waals surface area contributed by atoms with Crippen molar-refractivity contribution >= 4 is 32.7 Å². The van der Waals surface area contributed by atoms with Crippen LogP contribution in [0.3, 0.4) is 0 Å². The highest BCUT2D eigenvalue weighted by atomic mass is 32.2. The van der Waals surface area contributed by atoms with Crippen molar-refractivity contribution in [3.8, 4) is 0 Å². The van der Waals surface area contributed by atoms with Crippen molar-refractivity contribution < 1.29 is 22.9 Å². The van der Waals surface area contributed by atoms with Crippen LogP contribution in [-0.2, 0) is 14.6 Å². The molecular formula is C16H20N4O6S. The predicted octanol–water partition coefficient (Wildman–Crippen LogP) is 2.25. The Hall–Kier alpha value is -2.69. The first kappa shape index (κ1) is 19.1. The van der Waals surface area contributed by atoms with Gasteiger partial charge in [-0.25, -0.2) is 18.2 Å². The first-order valence-electron chi connectivity index (χ1n) is 8.33. The van der Waals surface area contributed by atoms with E-state index in [1.165, 1.54) is 23.1 Å². The average Bonchev–Trinajstić information content (AvgIpc) is 3.20. The molecule has 0 saturated carbocycles. The average molecular weight is 396 g/mol. The van der Waals surface area contributed by atoms with Gasteiger partial charge in [0.15, 0.2) is 0 Å². The van der Waals surface area contributed by atoms with Crippen LogP contribution in [0.2, 0.25) is 0 Å². The highest BCUT2D eigenvalue weighted by Gasteiger charge is 2.39. The van der Waals surface area contributed by atoms with E-state index in [0.717, 1.165) is 0 Å². The van der Waals surface area contributed by atoms with Crippen LogP contribution < -0.4 is 0 Å². The van der Waals surface area contributed by atoms with Crippen LogP contribution in [-0.4, -0.2) is 58.2 Å². The summed E-state index contributed by atoms with van der Waals surface area (Å²) in [5.41, 5.74) is -0.236. The van der Waals surface area contributed by atoms with Gasteiger partial charge < -0.3 is 14.6 Å². The van der Waals surface area contributed by atoms with E-state index in [4.69, 9.17) is 4.74 Å². The lowest BCUT2D eigenvalue weighted by atomic mass is 10.2. The number of imidazole rings is 1. The number of non-ortho nitro benzene ring substituents is 1. The summed E-state index contributed by atoms with van der Waals surface area (Å²) in [4.78, 5) is 30.5. The molecule has 1 aliphatic rings. The molecular weight excluding hydrogens is 376 g/mol. The lowest BCUT2D eigenvalue weighted by Gasteiger charge is -2.24. The zero-order valence-corrected chi connectivity index (χ0v) is 15.9. The van der Waals surface area contributed by atoms with Gasteiger partial charge in [-0.15, -0.1) is 0 Å². The smallest absolute Gasteiger partial charge is 0.410 e. The second-order valence-corrected chi connectivity index (χ2v) is 9.53. The number of likely N-dealkylation sites (tertiary alicyclic amines) is 1. The zero-order chi connectivity index (χ0) is 20.0. The number of ether oxygens (including phenoxy) is 1. The van der Waals surface area contributed by atoms with Crippen LogP contribution in [0.4, 0.5) is 10.5 Å². The van der Waals surface area contributed by atoms with Gasteiger partial charge in [0.25, 0.3) is 5.69 Å². The maximum Gasteiger partial charge on any atom is 0.410 e. The van der Waals surface area contributed by atoms with Gasteiger partial charge in [-0.2, -0.15) is 0 Å². The van der Waals surface area contributed by atoms with Crippen molar-refractivity contribution in [2.45, 2.75) is 43.2 Å². The minimum Gasteiger partial charge on any atom is -0.444 e. The number of rotatable bonds is 3. The number of nitrogens with zero attached hydrogens (tertiary/aromatic N) is 3. The van der Waals surface area contributed by atoms with Gasteiger partial charge >= 0.3 is 6.09 Å². The zero-order valence-electron chi connectivity index (χ0n) is 15.1. The predicted molar refractivity (Wildman–Crippen MR) is 96.1 cm³/mol. The van der Waals surface area contributed by atoms with Crippen molar-refractivity contribution in [2.24, 2.45) is 0 Å². The number of carbonyl (C=O) groups is 1. The largest absolute Gasteiger partial charge is 0.444 e. The van der Waals surface area contributed by atoms with Crippen LogP contribution in [0.15, 0.2) is 23.4 Å². The molecule has 1 aromatic carbocycles. The summed E-state index contributed by atoms with van der Waals surface area (Å²) < 4.78 is 31.0. The lowest BCUT2D eigenvalue weighted by Crippen LogP contribution is -2.36. The quantitative estimate of drug-likeness (QED) is 0.621. The Balaban J connectivity index is 1.82. The minimum absolute atomic E-state index is 0.00837. The van der Waals surface area contributed by atoms with Crippen LogP contribution in [0.5, 0.6) is 0 Å². The van der Waals surface area contributed by atoms with E-state index in [1.54, 1.807) is 20.8 Å². The summed E-state index contributed by atoms with van der Waals surface area (Å²) in [6, 6.07) is 3.90. The molecule has 1 unspecified atom stereocenters. The highest BCUT2D eigenvalue weighted by Crippen LogP contribution is 2.26. The molecule has 0 radical (unpaired) electrons. The van der Waals surface area contributed by atoms with Gasteiger partial charge in [0.05, 0.1) is 21.2 Å². The number of carbonyl (C=O) groups excluding carboxylic acids is 1. The first-order valence-corrected chi connectivity index (χ1v) is 9.88.